The Balaban J connectivity index is 1.84. The van der Waals surface area contributed by atoms with Crippen molar-refractivity contribution < 1.29 is 9.84 Å². The molecule has 2 N–H and O–H groups in total. The van der Waals surface area contributed by atoms with Crippen molar-refractivity contribution in [3.05, 3.63) is 18.2 Å². The number of rotatable bonds is 4. The molecule has 0 aromatic heterocycles. The highest BCUT2D eigenvalue weighted by molar-refractivity contribution is 5.54. The first-order chi connectivity index (χ1) is 8.69. The van der Waals surface area contributed by atoms with Crippen LogP contribution in [0.2, 0.25) is 0 Å². The predicted molar refractivity (Wildman–Crippen MR) is 74.3 cm³/mol. The number of methoxy groups -OCH3 is 1. The summed E-state index contributed by atoms with van der Waals surface area (Å²) in [6, 6.07) is 5.47. The van der Waals surface area contributed by atoms with Gasteiger partial charge in [-0.2, -0.15) is 0 Å². The molecule has 0 aliphatic heterocycles. The van der Waals surface area contributed by atoms with Crippen molar-refractivity contribution in [2.24, 2.45) is 11.8 Å². The highest BCUT2D eigenvalue weighted by Crippen LogP contribution is 2.31. The van der Waals surface area contributed by atoms with E-state index in [9.17, 15) is 5.11 Å². The fraction of sp³-hybridized carbons (Fsp3) is 0.600. The Hall–Kier alpha value is -1.38. The van der Waals surface area contributed by atoms with Gasteiger partial charge in [-0.15, -0.1) is 0 Å². The van der Waals surface area contributed by atoms with Gasteiger partial charge in [0.2, 0.25) is 0 Å². The molecule has 2 rings (SSSR count). The molecule has 0 amide bonds. The zero-order valence-electron chi connectivity index (χ0n) is 11.3. The number of ether oxygens (including phenoxy) is 1. The second-order valence-electron chi connectivity index (χ2n) is 5.39. The lowest BCUT2D eigenvalue weighted by molar-refractivity contribution is 0.300. The number of phenols is 1. The van der Waals surface area contributed by atoms with E-state index in [2.05, 4.69) is 12.2 Å². The molecule has 1 aromatic carbocycles. The molecule has 0 saturated heterocycles. The summed E-state index contributed by atoms with van der Waals surface area (Å²) in [5, 5.41) is 13.1. The van der Waals surface area contributed by atoms with E-state index in [0.717, 1.165) is 24.1 Å². The normalized spacial score (nSPS) is 23.7. The number of nitrogens with one attached hydrogen (secondary N) is 1. The topological polar surface area (TPSA) is 41.5 Å². The fourth-order valence-corrected chi connectivity index (χ4v) is 2.60. The van der Waals surface area contributed by atoms with Crippen LogP contribution in [-0.4, -0.2) is 18.8 Å². The van der Waals surface area contributed by atoms with Crippen molar-refractivity contribution in [3.8, 4) is 11.5 Å². The third kappa shape index (κ3) is 3.31. The Labute approximate surface area is 109 Å². The molecule has 18 heavy (non-hydrogen) atoms. The third-order valence-electron chi connectivity index (χ3n) is 3.91. The Morgan fingerprint density at radius 3 is 2.61 bits per heavy atom. The van der Waals surface area contributed by atoms with Crippen molar-refractivity contribution in [2.75, 3.05) is 19.0 Å². The van der Waals surface area contributed by atoms with Crippen LogP contribution in [0, 0.1) is 11.8 Å². The molecule has 0 atom stereocenters. The van der Waals surface area contributed by atoms with Gasteiger partial charge in [0.05, 0.1) is 7.11 Å². The van der Waals surface area contributed by atoms with Crippen molar-refractivity contribution in [2.45, 2.75) is 32.6 Å². The molecular weight excluding hydrogens is 226 g/mol. The maximum absolute atomic E-state index is 9.70. The maximum Gasteiger partial charge on any atom is 0.160 e. The molecule has 3 heteroatoms. The van der Waals surface area contributed by atoms with Crippen molar-refractivity contribution in [1.82, 2.24) is 0 Å². The zero-order valence-corrected chi connectivity index (χ0v) is 11.3. The molecule has 0 radical (unpaired) electrons. The summed E-state index contributed by atoms with van der Waals surface area (Å²) in [7, 11) is 1.56. The van der Waals surface area contributed by atoms with Crippen LogP contribution in [0.25, 0.3) is 0 Å². The lowest BCUT2D eigenvalue weighted by Gasteiger charge is -2.26. The maximum atomic E-state index is 9.70. The number of hydrogen-bond acceptors (Lipinski definition) is 3. The highest BCUT2D eigenvalue weighted by atomic mass is 16.5. The standard InChI is InChI=1S/C15H23NO2/c1-11-3-5-12(6-4-11)10-16-13-7-8-15(18-2)14(17)9-13/h7-9,11-12,16-17H,3-6,10H2,1-2H3. The van der Waals surface area contributed by atoms with E-state index in [1.54, 1.807) is 19.2 Å². The predicted octanol–water partition coefficient (Wildman–Crippen LogP) is 3.64. The van der Waals surface area contributed by atoms with Crippen LogP contribution in [0.15, 0.2) is 18.2 Å². The molecule has 1 fully saturated rings. The Morgan fingerprint density at radius 1 is 1.28 bits per heavy atom. The lowest BCUT2D eigenvalue weighted by atomic mass is 9.83. The Bertz CT molecular complexity index is 384. The van der Waals surface area contributed by atoms with Crippen molar-refractivity contribution in [3.63, 3.8) is 0 Å². The van der Waals surface area contributed by atoms with E-state index in [-0.39, 0.29) is 5.75 Å². The van der Waals surface area contributed by atoms with Crippen molar-refractivity contribution >= 4 is 5.69 Å². The zero-order chi connectivity index (χ0) is 13.0. The van der Waals surface area contributed by atoms with E-state index >= 15 is 0 Å². The van der Waals surface area contributed by atoms with Crippen LogP contribution < -0.4 is 10.1 Å². The summed E-state index contributed by atoms with van der Waals surface area (Å²) in [5.74, 6) is 2.38. The van der Waals surface area contributed by atoms with E-state index in [1.807, 2.05) is 6.07 Å². The van der Waals surface area contributed by atoms with Gasteiger partial charge in [0.1, 0.15) is 0 Å². The summed E-state index contributed by atoms with van der Waals surface area (Å²) < 4.78 is 5.03. The van der Waals surface area contributed by atoms with Gasteiger partial charge < -0.3 is 15.2 Å². The van der Waals surface area contributed by atoms with Crippen LogP contribution in [0.5, 0.6) is 11.5 Å². The number of aromatic hydroxyl groups is 1. The molecular formula is C15H23NO2. The largest absolute Gasteiger partial charge is 0.504 e. The molecule has 1 aliphatic rings. The molecule has 3 nitrogen and oxygen atoms in total. The molecule has 0 spiro atoms. The molecule has 0 unspecified atom stereocenters. The van der Waals surface area contributed by atoms with Gasteiger partial charge in [-0.25, -0.2) is 0 Å². The first kappa shape index (κ1) is 13.1. The van der Waals surface area contributed by atoms with Crippen LogP contribution in [0.4, 0.5) is 5.69 Å². The molecule has 100 valence electrons. The van der Waals surface area contributed by atoms with Gasteiger partial charge in [0.15, 0.2) is 11.5 Å². The summed E-state index contributed by atoms with van der Waals surface area (Å²) in [6.45, 7) is 3.34. The number of phenolic OH excluding ortho intramolecular Hbond substituents is 1. The van der Waals surface area contributed by atoms with Crippen LogP contribution in [0.3, 0.4) is 0 Å². The summed E-state index contributed by atoms with van der Waals surface area (Å²) >= 11 is 0. The van der Waals surface area contributed by atoms with E-state index < -0.39 is 0 Å². The van der Waals surface area contributed by atoms with Gasteiger partial charge in [0, 0.05) is 18.3 Å². The van der Waals surface area contributed by atoms with Crippen LogP contribution in [0.1, 0.15) is 32.6 Å². The van der Waals surface area contributed by atoms with Crippen LogP contribution in [-0.2, 0) is 0 Å². The third-order valence-corrected chi connectivity index (χ3v) is 3.91. The quantitative estimate of drug-likeness (QED) is 0.856. The average Bonchev–Trinajstić information content (AvgIpc) is 2.38. The second-order valence-corrected chi connectivity index (χ2v) is 5.39. The first-order valence-electron chi connectivity index (χ1n) is 6.80. The van der Waals surface area contributed by atoms with Gasteiger partial charge in [0.25, 0.3) is 0 Å². The minimum Gasteiger partial charge on any atom is -0.504 e. The number of benzene rings is 1. The summed E-state index contributed by atoms with van der Waals surface area (Å²) in [6.07, 6.45) is 5.33. The minimum absolute atomic E-state index is 0.194. The Kier molecular flexibility index (Phi) is 4.34. The number of anilines is 1. The van der Waals surface area contributed by atoms with E-state index in [1.165, 1.54) is 25.7 Å². The minimum atomic E-state index is 0.194. The molecule has 0 bridgehead atoms. The van der Waals surface area contributed by atoms with Gasteiger partial charge in [-0.05, 0) is 36.8 Å². The fourth-order valence-electron chi connectivity index (χ4n) is 2.60. The second kappa shape index (κ2) is 5.98. The van der Waals surface area contributed by atoms with E-state index in [4.69, 9.17) is 4.74 Å². The van der Waals surface area contributed by atoms with Gasteiger partial charge >= 0.3 is 0 Å². The molecule has 1 aromatic rings. The van der Waals surface area contributed by atoms with Crippen molar-refractivity contribution in [1.29, 1.82) is 0 Å². The molecule has 0 heterocycles. The SMILES string of the molecule is COc1ccc(NCC2CCC(C)CC2)cc1O. The average molecular weight is 249 g/mol. The first-order valence-corrected chi connectivity index (χ1v) is 6.80. The number of hydrogen-bond donors (Lipinski definition) is 2. The molecule has 1 saturated carbocycles. The van der Waals surface area contributed by atoms with Crippen LogP contribution >= 0.6 is 0 Å². The monoisotopic (exact) mass is 249 g/mol. The summed E-state index contributed by atoms with van der Waals surface area (Å²) in [5.41, 5.74) is 0.965. The summed E-state index contributed by atoms with van der Waals surface area (Å²) in [4.78, 5) is 0. The van der Waals surface area contributed by atoms with Gasteiger partial charge in [-0.3, -0.25) is 0 Å². The van der Waals surface area contributed by atoms with Gasteiger partial charge in [-0.1, -0.05) is 19.8 Å². The Morgan fingerprint density at radius 2 is 2.00 bits per heavy atom. The highest BCUT2D eigenvalue weighted by Gasteiger charge is 2.17. The van der Waals surface area contributed by atoms with E-state index in [0.29, 0.717) is 5.75 Å². The lowest BCUT2D eigenvalue weighted by Crippen LogP contribution is -2.20. The molecule has 1 aliphatic carbocycles. The smallest absolute Gasteiger partial charge is 0.160 e.